The summed E-state index contributed by atoms with van der Waals surface area (Å²) in [6.07, 6.45) is 2.10. The summed E-state index contributed by atoms with van der Waals surface area (Å²) in [6.45, 7) is 15.3. The lowest BCUT2D eigenvalue weighted by atomic mass is 9.84. The number of hydrogen-bond acceptors (Lipinski definition) is 3. The standard InChI is InChI=1S/C31H38N5P/c1-8-35(9-2)37(33-27-20-15-16-23(3)24(27)4)29(22-32-36(37)25-17-11-10-12-18-25)30-31(5,6)26-19-13-14-21-28(26)34(30)7/h10-22H,8-9H2,1-7H3/b30-29+/t37-/m1/s1. The summed E-state index contributed by atoms with van der Waals surface area (Å²) < 4.78 is 10.6. The van der Waals surface area contributed by atoms with E-state index in [-0.39, 0.29) is 5.41 Å². The summed E-state index contributed by atoms with van der Waals surface area (Å²) in [5, 5.41) is 6.38. The number of fused-ring (bicyclic) bond motifs is 1. The quantitative estimate of drug-likeness (QED) is 0.322. The molecule has 0 saturated heterocycles. The Labute approximate surface area is 222 Å². The van der Waals surface area contributed by atoms with E-state index in [2.05, 4.69) is 142 Å². The molecule has 3 aromatic rings. The molecule has 5 nitrogen and oxygen atoms in total. The average Bonchev–Trinajstić information content (AvgIpc) is 3.35. The molecule has 0 bridgehead atoms. The third kappa shape index (κ3) is 3.88. The number of hydrazone groups is 1. The highest BCUT2D eigenvalue weighted by Crippen LogP contribution is 2.70. The largest absolute Gasteiger partial charge is 0.346 e. The van der Waals surface area contributed by atoms with Gasteiger partial charge in [-0.15, -0.1) is 0 Å². The first-order valence-corrected chi connectivity index (χ1v) is 14.8. The van der Waals surface area contributed by atoms with Crippen LogP contribution in [0.25, 0.3) is 0 Å². The van der Waals surface area contributed by atoms with E-state index >= 15 is 0 Å². The summed E-state index contributed by atoms with van der Waals surface area (Å²) in [5.41, 5.74) is 8.29. The molecule has 0 N–H and O–H groups in total. The van der Waals surface area contributed by atoms with Gasteiger partial charge in [-0.3, -0.25) is 0 Å². The van der Waals surface area contributed by atoms with Crippen molar-refractivity contribution in [1.82, 2.24) is 4.67 Å². The third-order valence-electron chi connectivity index (χ3n) is 7.92. The topological polar surface area (TPSA) is 34.4 Å². The minimum atomic E-state index is -2.56. The zero-order chi connectivity index (χ0) is 26.4. The summed E-state index contributed by atoms with van der Waals surface area (Å²) in [4.78, 5) is 2.38. The van der Waals surface area contributed by atoms with E-state index in [1.807, 2.05) is 0 Å². The van der Waals surface area contributed by atoms with Crippen LogP contribution in [0.2, 0.25) is 0 Å². The molecule has 6 heteroatoms. The fourth-order valence-corrected chi connectivity index (χ4v) is 9.80. The van der Waals surface area contributed by atoms with Crippen LogP contribution in [0.3, 0.4) is 0 Å². The number of anilines is 2. The van der Waals surface area contributed by atoms with Gasteiger partial charge in [0.15, 0.2) is 7.36 Å². The molecule has 1 atom stereocenters. The van der Waals surface area contributed by atoms with E-state index in [1.54, 1.807) is 0 Å². The first-order chi connectivity index (χ1) is 17.8. The van der Waals surface area contributed by atoms with E-state index in [4.69, 9.17) is 9.85 Å². The smallest absolute Gasteiger partial charge is 0.179 e. The Morgan fingerprint density at radius 1 is 0.892 bits per heavy atom. The fraction of sp³-hybridized carbons (Fsp3) is 0.323. The van der Waals surface area contributed by atoms with Crippen molar-refractivity contribution < 1.29 is 0 Å². The molecule has 0 saturated carbocycles. The normalized spacial score (nSPS) is 22.2. The molecule has 0 aromatic heterocycles. The number of rotatable bonds is 5. The second-order valence-corrected chi connectivity index (χ2v) is 13.1. The number of para-hydroxylation sites is 2. The highest BCUT2D eigenvalue weighted by atomic mass is 31.2. The van der Waals surface area contributed by atoms with Gasteiger partial charge >= 0.3 is 0 Å². The summed E-state index contributed by atoms with van der Waals surface area (Å²) in [6, 6.07) is 25.8. The Kier molecular flexibility index (Phi) is 6.64. The van der Waals surface area contributed by atoms with Crippen LogP contribution in [-0.4, -0.2) is 31.0 Å². The number of aryl methyl sites for hydroxylation is 1. The van der Waals surface area contributed by atoms with Crippen molar-refractivity contribution in [3.8, 4) is 0 Å². The van der Waals surface area contributed by atoms with Crippen molar-refractivity contribution >= 4 is 30.6 Å². The van der Waals surface area contributed by atoms with Crippen LogP contribution in [0.5, 0.6) is 0 Å². The van der Waals surface area contributed by atoms with Gasteiger partial charge in [0.05, 0.1) is 22.9 Å². The van der Waals surface area contributed by atoms with Gasteiger partial charge in [0.1, 0.15) is 0 Å². The van der Waals surface area contributed by atoms with Gasteiger partial charge in [0.2, 0.25) is 0 Å². The maximum absolute atomic E-state index is 5.79. The molecule has 0 unspecified atom stereocenters. The zero-order valence-corrected chi connectivity index (χ0v) is 24.0. The lowest BCUT2D eigenvalue weighted by Crippen LogP contribution is -2.31. The lowest BCUT2D eigenvalue weighted by molar-refractivity contribution is 0.501. The number of hydrogen-bond donors (Lipinski definition) is 0. The molecule has 0 spiro atoms. The molecule has 0 radical (unpaired) electrons. The first kappa shape index (κ1) is 25.5. The van der Waals surface area contributed by atoms with Gasteiger partial charge < -0.3 is 4.90 Å². The van der Waals surface area contributed by atoms with E-state index in [0.717, 1.165) is 24.5 Å². The third-order valence-corrected chi connectivity index (χ3v) is 11.6. The molecule has 2 aliphatic rings. The number of likely N-dealkylation sites (N-methyl/N-ethyl adjacent to an activating group) is 1. The Hall–Kier alpha value is -3.14. The second kappa shape index (κ2) is 9.63. The molecule has 2 aliphatic heterocycles. The second-order valence-electron chi connectivity index (χ2n) is 10.3. The van der Waals surface area contributed by atoms with Gasteiger partial charge in [0, 0.05) is 36.9 Å². The van der Waals surface area contributed by atoms with Gasteiger partial charge in [-0.2, -0.15) is 5.10 Å². The van der Waals surface area contributed by atoms with Crippen LogP contribution in [0.15, 0.2) is 93.7 Å². The monoisotopic (exact) mass is 511 g/mol. The van der Waals surface area contributed by atoms with Crippen LogP contribution in [0, 0.1) is 13.8 Å². The van der Waals surface area contributed by atoms with Crippen LogP contribution >= 0.6 is 7.36 Å². The highest BCUT2D eigenvalue weighted by Gasteiger charge is 2.49. The fourth-order valence-electron chi connectivity index (χ4n) is 5.85. The van der Waals surface area contributed by atoms with Crippen molar-refractivity contribution in [2.24, 2.45) is 9.85 Å². The van der Waals surface area contributed by atoms with Crippen molar-refractivity contribution in [3.63, 3.8) is 0 Å². The molecule has 0 fully saturated rings. The summed E-state index contributed by atoms with van der Waals surface area (Å²) in [7, 11) is -0.357. The first-order valence-electron chi connectivity index (χ1n) is 13.2. The van der Waals surface area contributed by atoms with Crippen molar-refractivity contribution in [2.45, 2.75) is 47.0 Å². The minimum Gasteiger partial charge on any atom is -0.346 e. The highest BCUT2D eigenvalue weighted by molar-refractivity contribution is 7.71. The molecule has 0 amide bonds. The Morgan fingerprint density at radius 3 is 2.24 bits per heavy atom. The molecule has 2 heterocycles. The Bertz CT molecular complexity index is 1430. The molecule has 3 aromatic carbocycles. The van der Waals surface area contributed by atoms with Crippen molar-refractivity contribution in [1.29, 1.82) is 0 Å². The zero-order valence-electron chi connectivity index (χ0n) is 23.1. The van der Waals surface area contributed by atoms with Crippen LogP contribution < -0.4 is 9.68 Å². The number of allylic oxidation sites excluding steroid dienone is 2. The SMILES string of the molecule is CCN(CC)[P@]1(=Nc2cccc(C)c2C)/C(=C2/N(C)c3ccccc3C2(C)C)C=NN1c1ccccc1. The Balaban J connectivity index is 1.91. The molecule has 5 rings (SSSR count). The van der Waals surface area contributed by atoms with Crippen LogP contribution in [0.1, 0.15) is 44.4 Å². The van der Waals surface area contributed by atoms with Gasteiger partial charge in [-0.1, -0.05) is 76.2 Å². The maximum atomic E-state index is 5.79. The van der Waals surface area contributed by atoms with Crippen molar-refractivity contribution in [2.75, 3.05) is 29.8 Å². The number of nitrogens with zero attached hydrogens (tertiary/aromatic N) is 5. The molecular weight excluding hydrogens is 473 g/mol. The van der Waals surface area contributed by atoms with Crippen LogP contribution in [0.4, 0.5) is 17.1 Å². The van der Waals surface area contributed by atoms with E-state index in [0.29, 0.717) is 0 Å². The summed E-state index contributed by atoms with van der Waals surface area (Å²) in [5.74, 6) is 0. The van der Waals surface area contributed by atoms with Crippen molar-refractivity contribution in [3.05, 3.63) is 100 Å². The Morgan fingerprint density at radius 2 is 1.57 bits per heavy atom. The molecular formula is C31H38N5P. The molecule has 192 valence electrons. The summed E-state index contributed by atoms with van der Waals surface area (Å²) >= 11 is 0. The van der Waals surface area contributed by atoms with E-state index in [9.17, 15) is 0 Å². The average molecular weight is 512 g/mol. The predicted molar refractivity (Wildman–Crippen MR) is 160 cm³/mol. The van der Waals surface area contributed by atoms with Gasteiger partial charge in [-0.25, -0.2) is 14.2 Å². The van der Waals surface area contributed by atoms with Gasteiger partial charge in [0.25, 0.3) is 0 Å². The van der Waals surface area contributed by atoms with Gasteiger partial charge in [-0.05, 0) is 54.8 Å². The van der Waals surface area contributed by atoms with E-state index in [1.165, 1.54) is 33.4 Å². The van der Waals surface area contributed by atoms with Crippen LogP contribution in [-0.2, 0) is 5.41 Å². The maximum Gasteiger partial charge on any atom is 0.179 e. The molecule has 0 aliphatic carbocycles. The molecule has 37 heavy (non-hydrogen) atoms. The lowest BCUT2D eigenvalue weighted by Gasteiger charge is -2.41. The predicted octanol–water partition coefficient (Wildman–Crippen LogP) is 8.45. The number of benzene rings is 3. The van der Waals surface area contributed by atoms with E-state index < -0.39 is 7.36 Å². The minimum absolute atomic E-state index is 0.186.